The molecule has 1 aromatic heterocycles. The number of halogens is 2. The molecule has 0 spiro atoms. The van der Waals surface area contributed by atoms with E-state index in [1.807, 2.05) is 6.92 Å². The number of aromatic nitrogens is 2. The summed E-state index contributed by atoms with van der Waals surface area (Å²) in [6, 6.07) is 11.0. The van der Waals surface area contributed by atoms with Gasteiger partial charge in [-0.2, -0.15) is 4.98 Å². The second kappa shape index (κ2) is 9.00. The first-order valence-electron chi connectivity index (χ1n) is 8.91. The van der Waals surface area contributed by atoms with Crippen molar-refractivity contribution < 1.29 is 23.8 Å². The molecular weight excluding hydrogens is 443 g/mol. The Kier molecular flexibility index (Phi) is 6.43. The molecule has 0 aliphatic heterocycles. The van der Waals surface area contributed by atoms with Gasteiger partial charge < -0.3 is 9.84 Å². The molecule has 1 heterocycles. The van der Waals surface area contributed by atoms with Crippen molar-refractivity contribution in [1.29, 1.82) is 0 Å². The number of rotatable bonds is 8. The Hall–Kier alpha value is -3.00. The van der Waals surface area contributed by atoms with Crippen molar-refractivity contribution in [3.8, 4) is 17.1 Å². The number of nitrogens with zero attached hydrogens (tertiary/aromatic N) is 2. The number of aldehydes is 1. The number of imidazole rings is 1. The van der Waals surface area contributed by atoms with Crippen LogP contribution < -0.4 is 4.74 Å². The lowest BCUT2D eigenvalue weighted by atomic mass is 9.98. The number of hydrogen-bond donors (Lipinski definition) is 1. The zero-order chi connectivity index (χ0) is 21.0. The minimum atomic E-state index is -1.12. The van der Waals surface area contributed by atoms with Crippen molar-refractivity contribution in [1.82, 2.24) is 9.55 Å². The van der Waals surface area contributed by atoms with Gasteiger partial charge in [0.05, 0.1) is 18.7 Å². The number of hydrogen-bond acceptors (Lipinski definition) is 4. The van der Waals surface area contributed by atoms with Crippen LogP contribution in [0.3, 0.4) is 0 Å². The molecule has 0 fully saturated rings. The summed E-state index contributed by atoms with van der Waals surface area (Å²) < 4.78 is 22.4. The van der Waals surface area contributed by atoms with Crippen LogP contribution >= 0.6 is 15.9 Å². The lowest BCUT2D eigenvalue weighted by Gasteiger charge is -2.12. The molecule has 0 radical (unpaired) electrons. The first kappa shape index (κ1) is 20.7. The molecule has 0 saturated carbocycles. The predicted octanol–water partition coefficient (Wildman–Crippen LogP) is 4.80. The van der Waals surface area contributed by atoms with E-state index in [2.05, 4.69) is 20.9 Å². The molecule has 3 aromatic rings. The van der Waals surface area contributed by atoms with Crippen LogP contribution in [0.5, 0.6) is 6.01 Å². The van der Waals surface area contributed by atoms with Crippen molar-refractivity contribution in [2.45, 2.75) is 19.9 Å². The minimum absolute atomic E-state index is 0.0242. The molecule has 0 aliphatic rings. The Morgan fingerprint density at radius 2 is 2.03 bits per heavy atom. The first-order valence-corrected chi connectivity index (χ1v) is 9.70. The molecule has 0 atom stereocenters. The Balaban J connectivity index is 1.97. The van der Waals surface area contributed by atoms with Crippen LogP contribution in [0.2, 0.25) is 0 Å². The quantitative estimate of drug-likeness (QED) is 0.488. The fourth-order valence-electron chi connectivity index (χ4n) is 2.95. The van der Waals surface area contributed by atoms with E-state index in [-0.39, 0.29) is 29.4 Å². The number of carbonyl (C=O) groups excluding carboxylic acids is 1. The molecule has 0 amide bonds. The normalized spacial score (nSPS) is 10.7. The maximum absolute atomic E-state index is 14.8. The van der Waals surface area contributed by atoms with Crippen molar-refractivity contribution in [2.75, 3.05) is 6.61 Å². The van der Waals surface area contributed by atoms with Crippen LogP contribution in [0.15, 0.2) is 47.1 Å². The van der Waals surface area contributed by atoms with E-state index in [0.717, 1.165) is 6.42 Å². The van der Waals surface area contributed by atoms with Crippen molar-refractivity contribution >= 4 is 28.2 Å². The summed E-state index contributed by atoms with van der Waals surface area (Å²) in [7, 11) is 0. The van der Waals surface area contributed by atoms with E-state index in [0.29, 0.717) is 28.6 Å². The monoisotopic (exact) mass is 460 g/mol. The van der Waals surface area contributed by atoms with Gasteiger partial charge in [-0.1, -0.05) is 37.3 Å². The Morgan fingerprint density at radius 3 is 2.69 bits per heavy atom. The third-order valence-electron chi connectivity index (χ3n) is 4.30. The van der Waals surface area contributed by atoms with Crippen molar-refractivity contribution in [3.05, 3.63) is 69.7 Å². The average Bonchev–Trinajstić information content (AvgIpc) is 3.00. The SMILES string of the molecule is CCCOc1nc(Br)c(C=O)n1Cc1ccc(-c2ccccc2C(=O)O)c(F)c1. The number of carbonyl (C=O) groups is 2. The van der Waals surface area contributed by atoms with Crippen molar-refractivity contribution in [3.63, 3.8) is 0 Å². The van der Waals surface area contributed by atoms with Crippen LogP contribution in [-0.2, 0) is 6.54 Å². The maximum atomic E-state index is 14.8. The molecule has 2 aromatic carbocycles. The van der Waals surface area contributed by atoms with Gasteiger partial charge in [-0.15, -0.1) is 0 Å². The van der Waals surface area contributed by atoms with Gasteiger partial charge in [-0.25, -0.2) is 9.18 Å². The van der Waals surface area contributed by atoms with Crippen LogP contribution in [0.4, 0.5) is 4.39 Å². The lowest BCUT2D eigenvalue weighted by Crippen LogP contribution is -2.09. The summed E-state index contributed by atoms with van der Waals surface area (Å²) in [5.41, 5.74) is 1.38. The largest absolute Gasteiger partial charge is 0.478 e. The Labute approximate surface area is 175 Å². The summed E-state index contributed by atoms with van der Waals surface area (Å²) in [4.78, 5) is 27.1. The second-order valence-electron chi connectivity index (χ2n) is 6.29. The van der Waals surface area contributed by atoms with Crippen LogP contribution in [0.25, 0.3) is 11.1 Å². The topological polar surface area (TPSA) is 81.4 Å². The molecule has 150 valence electrons. The standard InChI is InChI=1S/C21H18BrFN2O4/c1-2-9-29-21-24-19(22)18(12-26)25(21)11-13-7-8-15(17(23)10-13)14-5-3-4-6-16(14)20(27)28/h3-8,10,12H,2,9,11H2,1H3,(H,27,28). The van der Waals surface area contributed by atoms with E-state index in [1.165, 1.54) is 18.2 Å². The van der Waals surface area contributed by atoms with Crippen molar-refractivity contribution in [2.24, 2.45) is 0 Å². The minimum Gasteiger partial charge on any atom is -0.478 e. The zero-order valence-electron chi connectivity index (χ0n) is 15.6. The summed E-state index contributed by atoms with van der Waals surface area (Å²) in [5, 5.41) is 9.34. The van der Waals surface area contributed by atoms with Gasteiger partial charge in [0.15, 0.2) is 6.29 Å². The molecule has 29 heavy (non-hydrogen) atoms. The molecule has 0 aliphatic carbocycles. The van der Waals surface area contributed by atoms with E-state index in [9.17, 15) is 19.1 Å². The Morgan fingerprint density at radius 1 is 1.28 bits per heavy atom. The number of carboxylic acids is 1. The summed E-state index contributed by atoms with van der Waals surface area (Å²) in [6.45, 7) is 2.55. The van der Waals surface area contributed by atoms with Crippen LogP contribution in [0.1, 0.15) is 39.8 Å². The van der Waals surface area contributed by atoms with Crippen LogP contribution in [0, 0.1) is 5.82 Å². The van der Waals surface area contributed by atoms with Gasteiger partial charge in [-0.05, 0) is 45.6 Å². The second-order valence-corrected chi connectivity index (χ2v) is 7.04. The van der Waals surface area contributed by atoms with Gasteiger partial charge >= 0.3 is 5.97 Å². The number of carboxylic acid groups (broad SMARTS) is 1. The average molecular weight is 461 g/mol. The highest BCUT2D eigenvalue weighted by Gasteiger charge is 2.18. The van der Waals surface area contributed by atoms with Gasteiger partial charge in [-0.3, -0.25) is 9.36 Å². The van der Waals surface area contributed by atoms with Gasteiger partial charge in [0.1, 0.15) is 16.1 Å². The Bertz CT molecular complexity index is 1060. The fraction of sp³-hybridized carbons (Fsp3) is 0.190. The highest BCUT2D eigenvalue weighted by molar-refractivity contribution is 9.10. The van der Waals surface area contributed by atoms with Gasteiger partial charge in [0, 0.05) is 5.56 Å². The lowest BCUT2D eigenvalue weighted by molar-refractivity contribution is 0.0697. The first-order chi connectivity index (χ1) is 14.0. The summed E-state index contributed by atoms with van der Waals surface area (Å²) in [6.07, 6.45) is 1.43. The highest BCUT2D eigenvalue weighted by Crippen LogP contribution is 2.29. The number of benzene rings is 2. The zero-order valence-corrected chi connectivity index (χ0v) is 17.1. The van der Waals surface area contributed by atoms with Crippen LogP contribution in [-0.4, -0.2) is 33.5 Å². The van der Waals surface area contributed by atoms with E-state index in [4.69, 9.17) is 4.74 Å². The van der Waals surface area contributed by atoms with Gasteiger partial charge in [0.25, 0.3) is 6.01 Å². The molecule has 0 unspecified atom stereocenters. The van der Waals surface area contributed by atoms with E-state index < -0.39 is 11.8 Å². The highest BCUT2D eigenvalue weighted by atomic mass is 79.9. The van der Waals surface area contributed by atoms with E-state index >= 15 is 0 Å². The maximum Gasteiger partial charge on any atom is 0.336 e. The molecule has 8 heteroatoms. The third kappa shape index (κ3) is 4.37. The molecular formula is C21H18BrFN2O4. The fourth-order valence-corrected chi connectivity index (χ4v) is 3.41. The smallest absolute Gasteiger partial charge is 0.336 e. The predicted molar refractivity (Wildman–Crippen MR) is 109 cm³/mol. The molecule has 6 nitrogen and oxygen atoms in total. The summed E-state index contributed by atoms with van der Waals surface area (Å²) >= 11 is 3.24. The summed E-state index contributed by atoms with van der Waals surface area (Å²) in [5.74, 6) is -1.68. The third-order valence-corrected chi connectivity index (χ3v) is 4.88. The molecule has 0 saturated heterocycles. The number of aromatic carboxylic acids is 1. The number of ether oxygens (including phenoxy) is 1. The molecule has 1 N–H and O–H groups in total. The molecule has 3 rings (SSSR count). The molecule has 0 bridgehead atoms. The van der Waals surface area contributed by atoms with Gasteiger partial charge in [0.2, 0.25) is 0 Å². The van der Waals surface area contributed by atoms with E-state index in [1.54, 1.807) is 28.8 Å².